The first-order valence-electron chi connectivity index (χ1n) is 7.41. The summed E-state index contributed by atoms with van der Waals surface area (Å²) in [6.07, 6.45) is 0.759. The number of nitrogens with one attached hydrogen (secondary N) is 1. The molecule has 0 aliphatic rings. The molecule has 0 saturated carbocycles. The molecule has 6 heteroatoms. The number of aryl methyl sites for hydroxylation is 1. The van der Waals surface area contributed by atoms with Crippen molar-refractivity contribution in [1.82, 2.24) is 19.6 Å². The lowest BCUT2D eigenvalue weighted by molar-refractivity contribution is 0.628. The predicted molar refractivity (Wildman–Crippen MR) is 87.3 cm³/mol. The maximum Gasteiger partial charge on any atom is 0.204 e. The molecule has 4 aromatic rings. The first kappa shape index (κ1) is 13.6. The van der Waals surface area contributed by atoms with Crippen LogP contribution in [0.5, 0.6) is 0 Å². The average Bonchev–Trinajstić information content (AvgIpc) is 3.00. The fourth-order valence-electron chi connectivity index (χ4n) is 2.66. The van der Waals surface area contributed by atoms with Gasteiger partial charge in [-0.15, -0.1) is 10.2 Å². The fourth-order valence-corrected chi connectivity index (χ4v) is 2.66. The van der Waals surface area contributed by atoms with E-state index in [1.165, 1.54) is 12.1 Å². The molecular formula is C17H14FN5. The molecule has 0 atom stereocenters. The van der Waals surface area contributed by atoms with Crippen LogP contribution in [0, 0.1) is 5.82 Å². The summed E-state index contributed by atoms with van der Waals surface area (Å²) in [5.41, 5.74) is 3.03. The Labute approximate surface area is 131 Å². The topological polar surface area (TPSA) is 55.1 Å². The quantitative estimate of drug-likeness (QED) is 0.626. The number of aromatic nitrogens is 4. The minimum absolute atomic E-state index is 0.303. The lowest BCUT2D eigenvalue weighted by atomic mass is 10.3. The second kappa shape index (κ2) is 5.31. The van der Waals surface area contributed by atoms with Gasteiger partial charge in [0.1, 0.15) is 11.6 Å². The van der Waals surface area contributed by atoms with Crippen LogP contribution in [-0.4, -0.2) is 19.6 Å². The number of hydrogen-bond acceptors (Lipinski definition) is 4. The summed E-state index contributed by atoms with van der Waals surface area (Å²) in [5, 5.41) is 11.6. The molecule has 0 aliphatic carbocycles. The molecule has 0 bridgehead atoms. The van der Waals surface area contributed by atoms with Crippen LogP contribution in [-0.2, 0) is 6.42 Å². The van der Waals surface area contributed by atoms with E-state index in [9.17, 15) is 4.39 Å². The molecule has 2 aromatic heterocycles. The monoisotopic (exact) mass is 307 g/mol. The molecule has 5 nitrogen and oxygen atoms in total. The highest BCUT2D eigenvalue weighted by molar-refractivity contribution is 5.84. The van der Waals surface area contributed by atoms with Crippen molar-refractivity contribution in [3.8, 4) is 0 Å². The summed E-state index contributed by atoms with van der Waals surface area (Å²) >= 11 is 0. The molecule has 2 aromatic carbocycles. The number of halogens is 1. The Kier molecular flexibility index (Phi) is 3.15. The van der Waals surface area contributed by atoms with E-state index in [1.807, 2.05) is 35.6 Å². The molecule has 0 amide bonds. The number of hydrogen-bond donors (Lipinski definition) is 1. The van der Waals surface area contributed by atoms with Gasteiger partial charge >= 0.3 is 0 Å². The zero-order valence-corrected chi connectivity index (χ0v) is 12.5. The third kappa shape index (κ3) is 2.28. The summed E-state index contributed by atoms with van der Waals surface area (Å²) in [5.74, 6) is 1.12. The Hall–Kier alpha value is -3.02. The van der Waals surface area contributed by atoms with Crippen LogP contribution < -0.4 is 5.32 Å². The van der Waals surface area contributed by atoms with E-state index in [0.29, 0.717) is 17.2 Å². The second-order valence-electron chi connectivity index (χ2n) is 5.21. The van der Waals surface area contributed by atoms with Crippen LogP contribution in [0.3, 0.4) is 0 Å². The SMILES string of the molecule is CCc1nnc2c(Nc3cccc(F)c3)nc3ccccc3n12. The number of anilines is 2. The highest BCUT2D eigenvalue weighted by atomic mass is 19.1. The van der Waals surface area contributed by atoms with E-state index < -0.39 is 0 Å². The van der Waals surface area contributed by atoms with Gasteiger partial charge in [-0.1, -0.05) is 25.1 Å². The Bertz CT molecular complexity index is 1010. The van der Waals surface area contributed by atoms with Crippen molar-refractivity contribution in [3.63, 3.8) is 0 Å². The molecule has 1 N–H and O–H groups in total. The van der Waals surface area contributed by atoms with Gasteiger partial charge in [0.05, 0.1) is 11.0 Å². The van der Waals surface area contributed by atoms with Crippen LogP contribution in [0.4, 0.5) is 15.9 Å². The Morgan fingerprint density at radius 2 is 1.96 bits per heavy atom. The van der Waals surface area contributed by atoms with E-state index in [1.54, 1.807) is 12.1 Å². The molecule has 114 valence electrons. The summed E-state index contributed by atoms with van der Waals surface area (Å²) in [6.45, 7) is 2.03. The van der Waals surface area contributed by atoms with Crippen molar-refractivity contribution < 1.29 is 4.39 Å². The van der Waals surface area contributed by atoms with Gasteiger partial charge in [-0.2, -0.15) is 0 Å². The van der Waals surface area contributed by atoms with Crippen molar-refractivity contribution >= 4 is 28.2 Å². The molecule has 0 aliphatic heterocycles. The first-order chi connectivity index (χ1) is 11.3. The summed E-state index contributed by atoms with van der Waals surface area (Å²) in [6, 6.07) is 14.1. The van der Waals surface area contributed by atoms with E-state index in [-0.39, 0.29) is 5.82 Å². The zero-order chi connectivity index (χ0) is 15.8. The lowest BCUT2D eigenvalue weighted by Gasteiger charge is -2.10. The smallest absolute Gasteiger partial charge is 0.204 e. The molecule has 0 fully saturated rings. The van der Waals surface area contributed by atoms with Crippen LogP contribution >= 0.6 is 0 Å². The van der Waals surface area contributed by atoms with Crippen LogP contribution in [0.25, 0.3) is 16.7 Å². The molecule has 23 heavy (non-hydrogen) atoms. The maximum atomic E-state index is 13.4. The molecule has 0 radical (unpaired) electrons. The van der Waals surface area contributed by atoms with Gasteiger partial charge in [0, 0.05) is 12.1 Å². The first-order valence-corrected chi connectivity index (χ1v) is 7.41. The number of benzene rings is 2. The highest BCUT2D eigenvalue weighted by Gasteiger charge is 2.14. The number of nitrogens with zero attached hydrogens (tertiary/aromatic N) is 4. The van der Waals surface area contributed by atoms with Crippen molar-refractivity contribution in [2.24, 2.45) is 0 Å². The van der Waals surface area contributed by atoms with Gasteiger partial charge in [0.15, 0.2) is 5.82 Å². The van der Waals surface area contributed by atoms with Crippen LogP contribution in [0.1, 0.15) is 12.7 Å². The maximum absolute atomic E-state index is 13.4. The summed E-state index contributed by atoms with van der Waals surface area (Å²) in [7, 11) is 0. The fraction of sp³-hybridized carbons (Fsp3) is 0.118. The van der Waals surface area contributed by atoms with Gasteiger partial charge in [-0.05, 0) is 30.3 Å². The van der Waals surface area contributed by atoms with E-state index in [2.05, 4.69) is 20.5 Å². The summed E-state index contributed by atoms with van der Waals surface area (Å²) in [4.78, 5) is 4.62. The third-order valence-corrected chi connectivity index (χ3v) is 3.70. The highest BCUT2D eigenvalue weighted by Crippen LogP contribution is 2.24. The largest absolute Gasteiger partial charge is 0.337 e. The van der Waals surface area contributed by atoms with E-state index in [0.717, 1.165) is 23.3 Å². The van der Waals surface area contributed by atoms with E-state index >= 15 is 0 Å². The Morgan fingerprint density at radius 3 is 2.78 bits per heavy atom. The van der Waals surface area contributed by atoms with Gasteiger partial charge < -0.3 is 5.32 Å². The van der Waals surface area contributed by atoms with Gasteiger partial charge in [0.25, 0.3) is 0 Å². The average molecular weight is 307 g/mol. The van der Waals surface area contributed by atoms with Crippen molar-refractivity contribution in [2.75, 3.05) is 5.32 Å². The standard InChI is InChI=1S/C17H14FN5/c1-2-15-21-22-17-16(19-12-7-5-6-11(18)10-12)20-13-8-3-4-9-14(13)23(15)17/h3-10H,2H2,1H3,(H,19,20). The number of para-hydroxylation sites is 2. The molecular weight excluding hydrogens is 293 g/mol. The summed E-state index contributed by atoms with van der Waals surface area (Å²) < 4.78 is 15.4. The zero-order valence-electron chi connectivity index (χ0n) is 12.5. The second-order valence-corrected chi connectivity index (χ2v) is 5.21. The molecule has 0 spiro atoms. The van der Waals surface area contributed by atoms with Gasteiger partial charge in [-0.25, -0.2) is 9.37 Å². The molecule has 4 rings (SSSR count). The van der Waals surface area contributed by atoms with Crippen molar-refractivity contribution in [3.05, 3.63) is 60.2 Å². The Morgan fingerprint density at radius 1 is 1.09 bits per heavy atom. The molecule has 0 saturated heterocycles. The predicted octanol–water partition coefficient (Wildman–Crippen LogP) is 3.72. The van der Waals surface area contributed by atoms with Crippen molar-refractivity contribution in [2.45, 2.75) is 13.3 Å². The van der Waals surface area contributed by atoms with Gasteiger partial charge in [-0.3, -0.25) is 4.40 Å². The minimum Gasteiger partial charge on any atom is -0.337 e. The molecule has 2 heterocycles. The third-order valence-electron chi connectivity index (χ3n) is 3.70. The van der Waals surface area contributed by atoms with Crippen LogP contribution in [0.15, 0.2) is 48.5 Å². The lowest BCUT2D eigenvalue weighted by Crippen LogP contribution is -2.02. The van der Waals surface area contributed by atoms with Gasteiger partial charge in [0.2, 0.25) is 5.65 Å². The van der Waals surface area contributed by atoms with Crippen molar-refractivity contribution in [1.29, 1.82) is 0 Å². The van der Waals surface area contributed by atoms with E-state index in [4.69, 9.17) is 0 Å². The van der Waals surface area contributed by atoms with Crippen LogP contribution in [0.2, 0.25) is 0 Å². The normalized spacial score (nSPS) is 11.2. The molecule has 0 unspecified atom stereocenters. The number of fused-ring (bicyclic) bond motifs is 3. The number of rotatable bonds is 3. The minimum atomic E-state index is -0.303. The Balaban J connectivity index is 1.96.